The van der Waals surface area contributed by atoms with Gasteiger partial charge in [0.25, 0.3) is 0 Å². The zero-order valence-corrected chi connectivity index (χ0v) is 8.81. The monoisotopic (exact) mass is 210 g/mol. The summed E-state index contributed by atoms with van der Waals surface area (Å²) in [6.45, 7) is 2.03. The first-order valence-corrected chi connectivity index (χ1v) is 4.84. The molecule has 4 heteroatoms. The Kier molecular flexibility index (Phi) is 2.79. The first kappa shape index (κ1) is 10.1. The number of nitriles is 1. The second kappa shape index (κ2) is 4.41. The molecule has 4 nitrogen and oxygen atoms in total. The molecular formula is C12H10N4. The van der Waals surface area contributed by atoms with Gasteiger partial charge in [-0.2, -0.15) is 5.26 Å². The highest BCUT2D eigenvalue weighted by Crippen LogP contribution is 2.12. The minimum atomic E-state index is 0.453. The molecule has 78 valence electrons. The molecule has 2 rings (SSSR count). The van der Waals surface area contributed by atoms with Gasteiger partial charge in [-0.25, -0.2) is 9.97 Å². The third kappa shape index (κ3) is 2.34. The van der Waals surface area contributed by atoms with Gasteiger partial charge in [0.2, 0.25) is 5.95 Å². The molecule has 0 aliphatic carbocycles. The maximum absolute atomic E-state index is 8.60. The number of nitrogens with zero attached hydrogens (tertiary/aromatic N) is 3. The summed E-state index contributed by atoms with van der Waals surface area (Å²) in [5.41, 5.74) is 2.58. The Morgan fingerprint density at radius 1 is 1.12 bits per heavy atom. The van der Waals surface area contributed by atoms with Gasteiger partial charge in [0.1, 0.15) is 6.07 Å². The highest BCUT2D eigenvalue weighted by molar-refractivity contribution is 5.53. The number of anilines is 2. The van der Waals surface area contributed by atoms with Crippen molar-refractivity contribution in [3.05, 3.63) is 47.8 Å². The second-order valence-electron chi connectivity index (χ2n) is 3.40. The first-order chi connectivity index (χ1) is 7.78. The lowest BCUT2D eigenvalue weighted by Crippen LogP contribution is -1.96. The summed E-state index contributed by atoms with van der Waals surface area (Å²) in [6.07, 6.45) is 2.98. The van der Waals surface area contributed by atoms with E-state index in [0.29, 0.717) is 11.5 Å². The number of benzene rings is 1. The van der Waals surface area contributed by atoms with Crippen molar-refractivity contribution in [1.29, 1.82) is 5.26 Å². The molecule has 0 aliphatic heterocycles. The van der Waals surface area contributed by atoms with E-state index in [1.165, 1.54) is 18.0 Å². The van der Waals surface area contributed by atoms with Crippen molar-refractivity contribution in [2.75, 3.05) is 5.32 Å². The number of rotatable bonds is 2. The molecule has 1 aromatic carbocycles. The van der Waals surface area contributed by atoms with Gasteiger partial charge in [0.05, 0.1) is 18.0 Å². The Labute approximate surface area is 93.6 Å². The maximum Gasteiger partial charge on any atom is 0.227 e. The van der Waals surface area contributed by atoms with E-state index in [1.54, 1.807) is 0 Å². The van der Waals surface area contributed by atoms with Gasteiger partial charge < -0.3 is 5.32 Å². The van der Waals surface area contributed by atoms with Gasteiger partial charge in [-0.1, -0.05) is 17.7 Å². The molecule has 0 unspecified atom stereocenters. The number of hydrogen-bond acceptors (Lipinski definition) is 4. The number of aryl methyl sites for hydroxylation is 1. The molecule has 0 spiro atoms. The Hall–Kier alpha value is -2.41. The quantitative estimate of drug-likeness (QED) is 0.826. The fraction of sp³-hybridized carbons (Fsp3) is 0.0833. The van der Waals surface area contributed by atoms with Crippen molar-refractivity contribution in [2.45, 2.75) is 6.92 Å². The molecule has 1 N–H and O–H groups in total. The van der Waals surface area contributed by atoms with Crippen LogP contribution in [-0.2, 0) is 0 Å². The van der Waals surface area contributed by atoms with Crippen LogP contribution in [0.5, 0.6) is 0 Å². The molecule has 2 aromatic rings. The second-order valence-corrected chi connectivity index (χ2v) is 3.40. The summed E-state index contributed by atoms with van der Waals surface area (Å²) in [5, 5.41) is 11.6. The SMILES string of the molecule is Cc1ccc(Nc2ncc(C#N)cn2)cc1. The summed E-state index contributed by atoms with van der Waals surface area (Å²) in [7, 11) is 0. The molecule has 0 amide bonds. The third-order valence-corrected chi connectivity index (χ3v) is 2.09. The Balaban J connectivity index is 2.15. The molecule has 1 aromatic heterocycles. The minimum absolute atomic E-state index is 0.453. The van der Waals surface area contributed by atoms with Crippen LogP contribution in [0.2, 0.25) is 0 Å². The normalized spacial score (nSPS) is 9.50. The van der Waals surface area contributed by atoms with Gasteiger partial charge >= 0.3 is 0 Å². The molecule has 0 aliphatic rings. The molecule has 16 heavy (non-hydrogen) atoms. The largest absolute Gasteiger partial charge is 0.324 e. The fourth-order valence-corrected chi connectivity index (χ4v) is 1.22. The summed E-state index contributed by atoms with van der Waals surface area (Å²) in [6, 6.07) is 9.90. The van der Waals surface area contributed by atoms with Crippen molar-refractivity contribution in [3.8, 4) is 6.07 Å². The smallest absolute Gasteiger partial charge is 0.227 e. The van der Waals surface area contributed by atoms with Crippen LogP contribution in [0.25, 0.3) is 0 Å². The van der Waals surface area contributed by atoms with E-state index in [4.69, 9.17) is 5.26 Å². The van der Waals surface area contributed by atoms with Crippen LogP contribution in [0.3, 0.4) is 0 Å². The van der Waals surface area contributed by atoms with E-state index in [1.807, 2.05) is 37.3 Å². The van der Waals surface area contributed by atoms with E-state index in [2.05, 4.69) is 15.3 Å². The van der Waals surface area contributed by atoms with Gasteiger partial charge in [-0.05, 0) is 19.1 Å². The highest BCUT2D eigenvalue weighted by atomic mass is 15.1. The van der Waals surface area contributed by atoms with Crippen LogP contribution in [0.15, 0.2) is 36.7 Å². The molecule has 0 atom stereocenters. The number of hydrogen-bond donors (Lipinski definition) is 1. The van der Waals surface area contributed by atoms with Crippen LogP contribution in [0.1, 0.15) is 11.1 Å². The Morgan fingerprint density at radius 3 is 2.31 bits per heavy atom. The first-order valence-electron chi connectivity index (χ1n) is 4.84. The summed E-state index contributed by atoms with van der Waals surface area (Å²) >= 11 is 0. The fourth-order valence-electron chi connectivity index (χ4n) is 1.22. The van der Waals surface area contributed by atoms with Crippen molar-refractivity contribution in [1.82, 2.24) is 9.97 Å². The summed E-state index contributed by atoms with van der Waals surface area (Å²) in [4.78, 5) is 8.05. The van der Waals surface area contributed by atoms with Gasteiger partial charge in [0, 0.05) is 5.69 Å². The van der Waals surface area contributed by atoms with E-state index >= 15 is 0 Å². The van der Waals surface area contributed by atoms with Gasteiger partial charge in [0.15, 0.2) is 0 Å². The zero-order valence-electron chi connectivity index (χ0n) is 8.81. The van der Waals surface area contributed by atoms with Crippen molar-refractivity contribution in [2.24, 2.45) is 0 Å². The van der Waals surface area contributed by atoms with E-state index in [9.17, 15) is 0 Å². The standard InChI is InChI=1S/C12H10N4/c1-9-2-4-11(5-3-9)16-12-14-7-10(6-13)8-15-12/h2-5,7-8H,1H3,(H,14,15,16). The third-order valence-electron chi connectivity index (χ3n) is 2.09. The molecule has 0 bridgehead atoms. The minimum Gasteiger partial charge on any atom is -0.324 e. The Bertz CT molecular complexity index is 508. The lowest BCUT2D eigenvalue weighted by atomic mass is 10.2. The molecule has 0 saturated carbocycles. The topological polar surface area (TPSA) is 61.6 Å². The van der Waals surface area contributed by atoms with E-state index < -0.39 is 0 Å². The molecule has 0 saturated heterocycles. The van der Waals surface area contributed by atoms with E-state index in [-0.39, 0.29) is 0 Å². The van der Waals surface area contributed by atoms with E-state index in [0.717, 1.165) is 5.69 Å². The average Bonchev–Trinajstić information content (AvgIpc) is 2.33. The van der Waals surface area contributed by atoms with Crippen LogP contribution >= 0.6 is 0 Å². The predicted octanol–water partition coefficient (Wildman–Crippen LogP) is 2.40. The van der Waals surface area contributed by atoms with Gasteiger partial charge in [-0.3, -0.25) is 0 Å². The maximum atomic E-state index is 8.60. The lowest BCUT2D eigenvalue weighted by Gasteiger charge is -2.04. The molecular weight excluding hydrogens is 200 g/mol. The summed E-state index contributed by atoms with van der Waals surface area (Å²) in [5.74, 6) is 0.489. The van der Waals surface area contributed by atoms with Crippen molar-refractivity contribution < 1.29 is 0 Å². The van der Waals surface area contributed by atoms with Crippen molar-refractivity contribution >= 4 is 11.6 Å². The van der Waals surface area contributed by atoms with Crippen LogP contribution in [-0.4, -0.2) is 9.97 Å². The lowest BCUT2D eigenvalue weighted by molar-refractivity contribution is 1.15. The Morgan fingerprint density at radius 2 is 1.75 bits per heavy atom. The van der Waals surface area contributed by atoms with Crippen LogP contribution < -0.4 is 5.32 Å². The average molecular weight is 210 g/mol. The number of nitrogens with one attached hydrogen (secondary N) is 1. The highest BCUT2D eigenvalue weighted by Gasteiger charge is 1.97. The summed E-state index contributed by atoms with van der Waals surface area (Å²) < 4.78 is 0. The van der Waals surface area contributed by atoms with Crippen molar-refractivity contribution in [3.63, 3.8) is 0 Å². The molecule has 0 radical (unpaired) electrons. The van der Waals surface area contributed by atoms with Crippen LogP contribution in [0, 0.1) is 18.3 Å². The molecule has 1 heterocycles. The number of aromatic nitrogens is 2. The zero-order chi connectivity index (χ0) is 11.4. The van der Waals surface area contributed by atoms with Gasteiger partial charge in [-0.15, -0.1) is 0 Å². The van der Waals surface area contributed by atoms with Crippen LogP contribution in [0.4, 0.5) is 11.6 Å². The molecule has 0 fully saturated rings. The predicted molar refractivity (Wildman–Crippen MR) is 61.2 cm³/mol.